The lowest BCUT2D eigenvalue weighted by molar-refractivity contribution is 0.0956. The number of rotatable bonds is 7. The molecule has 0 saturated carbocycles. The Labute approximate surface area is 201 Å². The number of fused-ring (bicyclic) bond motifs is 1. The molecule has 0 radical (unpaired) electrons. The summed E-state index contributed by atoms with van der Waals surface area (Å²) >= 11 is 0. The van der Waals surface area contributed by atoms with Crippen molar-refractivity contribution in [2.75, 3.05) is 0 Å². The Morgan fingerprint density at radius 1 is 1.00 bits per heavy atom. The minimum atomic E-state index is -0.322. The molecule has 3 heterocycles. The summed E-state index contributed by atoms with van der Waals surface area (Å²) in [6.07, 6.45) is 10.2. The van der Waals surface area contributed by atoms with Crippen molar-refractivity contribution in [2.24, 2.45) is 5.10 Å². The molecule has 0 bridgehead atoms. The number of nitrogens with zero attached hydrogens (tertiary/aromatic N) is 6. The van der Waals surface area contributed by atoms with Gasteiger partial charge in [-0.25, -0.2) is 15.1 Å². The third-order valence-corrected chi connectivity index (χ3v) is 5.27. The Morgan fingerprint density at radius 3 is 2.66 bits per heavy atom. The summed E-state index contributed by atoms with van der Waals surface area (Å²) < 4.78 is 1.77. The molecule has 5 aromatic rings. The zero-order chi connectivity index (χ0) is 23.9. The quantitative estimate of drug-likeness (QED) is 0.288. The number of allylic oxidation sites excluding steroid dienone is 1. The molecule has 8 nitrogen and oxygen atoms in total. The second-order valence-corrected chi connectivity index (χ2v) is 7.71. The molecule has 0 atom stereocenters. The maximum Gasteiger partial charge on any atom is 0.272 e. The van der Waals surface area contributed by atoms with E-state index in [0.717, 1.165) is 22.0 Å². The molecule has 35 heavy (non-hydrogen) atoms. The van der Waals surface area contributed by atoms with E-state index in [0.29, 0.717) is 23.5 Å². The summed E-state index contributed by atoms with van der Waals surface area (Å²) in [6.45, 7) is 0.646. The van der Waals surface area contributed by atoms with Gasteiger partial charge in [-0.15, -0.1) is 5.10 Å². The van der Waals surface area contributed by atoms with Crippen LogP contribution in [-0.4, -0.2) is 37.1 Å². The molecule has 170 valence electrons. The predicted molar refractivity (Wildman–Crippen MR) is 136 cm³/mol. The lowest BCUT2D eigenvalue weighted by Crippen LogP contribution is -2.18. The van der Waals surface area contributed by atoms with E-state index in [1.165, 1.54) is 6.21 Å². The molecule has 0 unspecified atom stereocenters. The Balaban J connectivity index is 1.27. The van der Waals surface area contributed by atoms with E-state index in [1.54, 1.807) is 35.3 Å². The van der Waals surface area contributed by atoms with Crippen molar-refractivity contribution in [1.29, 1.82) is 0 Å². The van der Waals surface area contributed by atoms with E-state index >= 15 is 0 Å². The zero-order valence-corrected chi connectivity index (χ0v) is 18.7. The van der Waals surface area contributed by atoms with Crippen molar-refractivity contribution in [1.82, 2.24) is 30.4 Å². The third-order valence-electron chi connectivity index (χ3n) is 5.27. The van der Waals surface area contributed by atoms with Gasteiger partial charge >= 0.3 is 0 Å². The second-order valence-electron chi connectivity index (χ2n) is 7.71. The molecule has 0 fully saturated rings. The van der Waals surface area contributed by atoms with Crippen LogP contribution in [0.1, 0.15) is 21.6 Å². The largest absolute Gasteiger partial charge is 0.272 e. The van der Waals surface area contributed by atoms with Crippen molar-refractivity contribution in [3.63, 3.8) is 0 Å². The van der Waals surface area contributed by atoms with Crippen LogP contribution in [-0.2, 0) is 6.54 Å². The molecule has 5 rings (SSSR count). The van der Waals surface area contributed by atoms with Crippen LogP contribution in [0, 0.1) is 0 Å². The maximum atomic E-state index is 12.9. The van der Waals surface area contributed by atoms with Gasteiger partial charge in [0.25, 0.3) is 5.91 Å². The first-order valence-electron chi connectivity index (χ1n) is 11.0. The van der Waals surface area contributed by atoms with Crippen LogP contribution in [0.5, 0.6) is 0 Å². The molecule has 1 N–H and O–H groups in total. The maximum absolute atomic E-state index is 12.9. The number of benzene rings is 2. The van der Waals surface area contributed by atoms with E-state index < -0.39 is 0 Å². The molecule has 8 heteroatoms. The van der Waals surface area contributed by atoms with Gasteiger partial charge in [0.15, 0.2) is 0 Å². The molecule has 0 saturated heterocycles. The molecular formula is C27H21N7O. The average Bonchev–Trinajstić information content (AvgIpc) is 3.35. The van der Waals surface area contributed by atoms with Crippen molar-refractivity contribution < 1.29 is 4.79 Å². The van der Waals surface area contributed by atoms with Crippen LogP contribution in [0.2, 0.25) is 0 Å². The Hall–Kier alpha value is -4.98. The summed E-state index contributed by atoms with van der Waals surface area (Å²) in [5.41, 5.74) is 7.23. The summed E-state index contributed by atoms with van der Waals surface area (Å²) in [4.78, 5) is 21.7. The van der Waals surface area contributed by atoms with Gasteiger partial charge < -0.3 is 0 Å². The lowest BCUT2D eigenvalue weighted by Gasteiger charge is -2.08. The van der Waals surface area contributed by atoms with Crippen LogP contribution in [0.3, 0.4) is 0 Å². The number of hydrazone groups is 1. The van der Waals surface area contributed by atoms with E-state index in [-0.39, 0.29) is 5.91 Å². The fourth-order valence-electron chi connectivity index (χ4n) is 3.61. The third kappa shape index (κ3) is 5.33. The normalized spacial score (nSPS) is 11.4. The number of amides is 1. The second kappa shape index (κ2) is 10.3. The van der Waals surface area contributed by atoms with Gasteiger partial charge in [0, 0.05) is 29.6 Å². The Bertz CT molecular complexity index is 1510. The first-order valence-corrected chi connectivity index (χ1v) is 11.0. The molecule has 0 aliphatic rings. The van der Waals surface area contributed by atoms with E-state index in [4.69, 9.17) is 0 Å². The SMILES string of the molecule is O=C(N/N=C/C=C/c1cn(Cc2ccccc2)nn1)c1cc(-c2ccncc2)nc2ccccc12. The Kier molecular flexibility index (Phi) is 6.43. The van der Waals surface area contributed by atoms with Gasteiger partial charge in [-0.1, -0.05) is 53.7 Å². The van der Waals surface area contributed by atoms with E-state index in [9.17, 15) is 4.79 Å². The number of carbonyl (C=O) groups excluding carboxylic acids is 1. The smallest absolute Gasteiger partial charge is 0.267 e. The van der Waals surface area contributed by atoms with E-state index in [2.05, 4.69) is 30.8 Å². The average molecular weight is 460 g/mol. The number of hydrogen-bond acceptors (Lipinski definition) is 6. The van der Waals surface area contributed by atoms with Crippen LogP contribution in [0.15, 0.2) is 103 Å². The molecule has 2 aromatic carbocycles. The van der Waals surface area contributed by atoms with Gasteiger partial charge in [-0.3, -0.25) is 9.78 Å². The highest BCUT2D eigenvalue weighted by molar-refractivity contribution is 6.07. The lowest BCUT2D eigenvalue weighted by atomic mass is 10.0. The highest BCUT2D eigenvalue weighted by Crippen LogP contribution is 2.24. The highest BCUT2D eigenvalue weighted by Gasteiger charge is 2.13. The van der Waals surface area contributed by atoms with Crippen LogP contribution in [0.25, 0.3) is 28.2 Å². The van der Waals surface area contributed by atoms with Gasteiger partial charge in [0.2, 0.25) is 0 Å². The topological polar surface area (TPSA) is 98.0 Å². The number of carbonyl (C=O) groups is 1. The summed E-state index contributed by atoms with van der Waals surface area (Å²) in [5, 5.41) is 13.1. The van der Waals surface area contributed by atoms with Crippen molar-refractivity contribution in [2.45, 2.75) is 6.54 Å². The minimum Gasteiger partial charge on any atom is -0.267 e. The van der Waals surface area contributed by atoms with Gasteiger partial charge in [-0.2, -0.15) is 5.10 Å². The molecule has 0 spiro atoms. The van der Waals surface area contributed by atoms with E-state index in [1.807, 2.05) is 72.9 Å². The standard InChI is InChI=1S/C27H21N7O/c35-27(24-17-26(21-12-15-28-16-13-21)30-25-11-5-4-10-23(24)25)32-29-14-6-9-22-19-34(33-31-22)18-20-7-2-1-3-8-20/h1-17,19H,18H2,(H,32,35)/b9-6+,29-14+. The number of hydrogen-bond donors (Lipinski definition) is 1. The molecule has 0 aliphatic heterocycles. The number of para-hydroxylation sites is 1. The number of nitrogens with one attached hydrogen (secondary N) is 1. The monoisotopic (exact) mass is 459 g/mol. The van der Waals surface area contributed by atoms with Crippen LogP contribution in [0.4, 0.5) is 0 Å². The fraction of sp³-hybridized carbons (Fsp3) is 0.0370. The van der Waals surface area contributed by atoms with Crippen molar-refractivity contribution >= 4 is 29.1 Å². The molecular weight excluding hydrogens is 438 g/mol. The van der Waals surface area contributed by atoms with Gasteiger partial charge in [0.1, 0.15) is 5.69 Å². The predicted octanol–water partition coefficient (Wildman–Crippen LogP) is 4.37. The first-order chi connectivity index (χ1) is 17.3. The van der Waals surface area contributed by atoms with Gasteiger partial charge in [0.05, 0.1) is 29.5 Å². The van der Waals surface area contributed by atoms with Crippen molar-refractivity contribution in [3.05, 3.63) is 114 Å². The Morgan fingerprint density at radius 2 is 1.80 bits per heavy atom. The van der Waals surface area contributed by atoms with Crippen LogP contribution >= 0.6 is 0 Å². The molecule has 1 amide bonds. The summed E-state index contributed by atoms with van der Waals surface area (Å²) in [5.74, 6) is -0.322. The summed E-state index contributed by atoms with van der Waals surface area (Å²) in [6, 6.07) is 23.1. The highest BCUT2D eigenvalue weighted by atomic mass is 16.2. The van der Waals surface area contributed by atoms with Crippen molar-refractivity contribution in [3.8, 4) is 11.3 Å². The molecule has 3 aromatic heterocycles. The molecule has 0 aliphatic carbocycles. The van der Waals surface area contributed by atoms with Gasteiger partial charge in [-0.05, 0) is 42.0 Å². The van der Waals surface area contributed by atoms with Crippen LogP contribution < -0.4 is 5.43 Å². The summed E-state index contributed by atoms with van der Waals surface area (Å²) in [7, 11) is 0. The zero-order valence-electron chi connectivity index (χ0n) is 18.7. The fourth-order valence-corrected chi connectivity index (χ4v) is 3.61. The number of pyridine rings is 2. The number of aromatic nitrogens is 5. The first kappa shape index (κ1) is 21.8. The minimum absolute atomic E-state index is 0.322.